The van der Waals surface area contributed by atoms with Crippen LogP contribution in [0.25, 0.3) is 0 Å². The van der Waals surface area contributed by atoms with E-state index in [0.29, 0.717) is 24.3 Å². The third-order valence-corrected chi connectivity index (χ3v) is 6.45. The highest BCUT2D eigenvalue weighted by atomic mass is 16.5. The molecule has 0 radical (unpaired) electrons. The Hall–Kier alpha value is -1.88. The molecule has 2 atom stereocenters. The van der Waals surface area contributed by atoms with Crippen LogP contribution in [0.3, 0.4) is 0 Å². The van der Waals surface area contributed by atoms with E-state index < -0.39 is 0 Å². The van der Waals surface area contributed by atoms with Crippen LogP contribution in [-0.2, 0) is 22.7 Å². The van der Waals surface area contributed by atoms with Gasteiger partial charge >= 0.3 is 0 Å². The van der Waals surface area contributed by atoms with Crippen molar-refractivity contribution in [3.05, 3.63) is 33.4 Å². The average molecular weight is 441 g/mol. The molecule has 0 bridgehead atoms. The number of ether oxygens (including phenoxy) is 2. The van der Waals surface area contributed by atoms with Gasteiger partial charge in [-0.1, -0.05) is 65.2 Å². The van der Waals surface area contributed by atoms with Gasteiger partial charge in [0.15, 0.2) is 0 Å². The number of rotatable bonds is 16. The SMILES string of the molecule is CCCCCCC(C)OCc1c(C)c(C#N)c(C#N)c(C)c1COC(C)CCCCCC. The summed E-state index contributed by atoms with van der Waals surface area (Å²) < 4.78 is 12.4. The van der Waals surface area contributed by atoms with Gasteiger partial charge in [-0.2, -0.15) is 10.5 Å². The van der Waals surface area contributed by atoms with Crippen molar-refractivity contribution in [1.29, 1.82) is 10.5 Å². The van der Waals surface area contributed by atoms with E-state index in [1.54, 1.807) is 0 Å². The van der Waals surface area contributed by atoms with Crippen LogP contribution in [0.5, 0.6) is 0 Å². The van der Waals surface area contributed by atoms with Crippen molar-refractivity contribution in [2.75, 3.05) is 0 Å². The average Bonchev–Trinajstić information content (AvgIpc) is 2.78. The highest BCUT2D eigenvalue weighted by Gasteiger charge is 2.21. The molecule has 0 aliphatic carbocycles. The second kappa shape index (κ2) is 15.8. The van der Waals surface area contributed by atoms with Crippen molar-refractivity contribution in [3.63, 3.8) is 0 Å². The molecule has 0 fully saturated rings. The largest absolute Gasteiger partial charge is 0.374 e. The zero-order valence-corrected chi connectivity index (χ0v) is 21.4. The highest BCUT2D eigenvalue weighted by molar-refractivity contribution is 5.60. The minimum absolute atomic E-state index is 0.166. The fourth-order valence-electron chi connectivity index (χ4n) is 4.13. The van der Waals surface area contributed by atoms with Gasteiger partial charge in [0.25, 0.3) is 0 Å². The first-order valence-electron chi connectivity index (χ1n) is 12.6. The van der Waals surface area contributed by atoms with E-state index in [4.69, 9.17) is 9.47 Å². The van der Waals surface area contributed by atoms with Crippen molar-refractivity contribution in [1.82, 2.24) is 0 Å². The molecule has 1 aromatic carbocycles. The lowest BCUT2D eigenvalue weighted by Crippen LogP contribution is -2.15. The second-order valence-corrected chi connectivity index (χ2v) is 9.12. The molecule has 0 spiro atoms. The molecule has 32 heavy (non-hydrogen) atoms. The Kier molecular flexibility index (Phi) is 13.9. The summed E-state index contributed by atoms with van der Waals surface area (Å²) in [4.78, 5) is 0. The molecule has 1 aromatic rings. The van der Waals surface area contributed by atoms with Gasteiger partial charge in [-0.05, 0) is 62.8 Å². The van der Waals surface area contributed by atoms with Crippen molar-refractivity contribution in [3.8, 4) is 12.1 Å². The summed E-state index contributed by atoms with van der Waals surface area (Å²) in [7, 11) is 0. The van der Waals surface area contributed by atoms with Crippen LogP contribution >= 0.6 is 0 Å². The van der Waals surface area contributed by atoms with Crippen LogP contribution in [0.1, 0.15) is 125 Å². The van der Waals surface area contributed by atoms with Gasteiger partial charge in [0.1, 0.15) is 12.1 Å². The fraction of sp³-hybridized carbons (Fsp3) is 0.714. The molecule has 0 saturated carbocycles. The molecular weight excluding hydrogens is 396 g/mol. The molecule has 0 heterocycles. The first-order valence-corrected chi connectivity index (χ1v) is 12.6. The summed E-state index contributed by atoms with van der Waals surface area (Å²) in [6.45, 7) is 13.4. The van der Waals surface area contributed by atoms with Crippen LogP contribution in [0.15, 0.2) is 0 Å². The second-order valence-electron chi connectivity index (χ2n) is 9.12. The van der Waals surface area contributed by atoms with E-state index in [-0.39, 0.29) is 12.2 Å². The van der Waals surface area contributed by atoms with E-state index in [1.165, 1.54) is 51.4 Å². The summed E-state index contributed by atoms with van der Waals surface area (Å²) in [5, 5.41) is 19.4. The lowest BCUT2D eigenvalue weighted by Gasteiger charge is -2.22. The minimum atomic E-state index is 0.166. The third kappa shape index (κ3) is 8.93. The predicted molar refractivity (Wildman–Crippen MR) is 131 cm³/mol. The number of hydrogen-bond donors (Lipinski definition) is 0. The van der Waals surface area contributed by atoms with Crippen molar-refractivity contribution < 1.29 is 9.47 Å². The smallest absolute Gasteiger partial charge is 0.101 e. The third-order valence-electron chi connectivity index (χ3n) is 6.45. The monoisotopic (exact) mass is 440 g/mol. The molecule has 178 valence electrons. The summed E-state index contributed by atoms with van der Waals surface area (Å²) in [5.41, 5.74) is 4.66. The Labute approximate surface area is 196 Å². The molecule has 0 amide bonds. The summed E-state index contributed by atoms with van der Waals surface area (Å²) in [6.07, 6.45) is 12.3. The molecule has 0 aliphatic heterocycles. The number of unbranched alkanes of at least 4 members (excludes halogenated alkanes) is 6. The topological polar surface area (TPSA) is 66.0 Å². The van der Waals surface area contributed by atoms with E-state index in [2.05, 4.69) is 39.8 Å². The summed E-state index contributed by atoms with van der Waals surface area (Å²) in [6, 6.07) is 4.49. The maximum absolute atomic E-state index is 9.70. The van der Waals surface area contributed by atoms with Gasteiger partial charge in [-0.15, -0.1) is 0 Å². The van der Waals surface area contributed by atoms with Crippen LogP contribution < -0.4 is 0 Å². The Balaban J connectivity index is 2.97. The van der Waals surface area contributed by atoms with Gasteiger partial charge in [0.05, 0.1) is 36.5 Å². The first kappa shape index (κ1) is 28.2. The Bertz CT molecular complexity index is 708. The Morgan fingerprint density at radius 1 is 0.656 bits per heavy atom. The van der Waals surface area contributed by atoms with Gasteiger partial charge in [-0.3, -0.25) is 0 Å². The molecule has 4 heteroatoms. The lowest BCUT2D eigenvalue weighted by atomic mass is 9.89. The lowest BCUT2D eigenvalue weighted by molar-refractivity contribution is 0.0345. The van der Waals surface area contributed by atoms with Crippen molar-refractivity contribution >= 4 is 0 Å². The maximum atomic E-state index is 9.70. The van der Waals surface area contributed by atoms with Gasteiger partial charge in [0.2, 0.25) is 0 Å². The predicted octanol–water partition coefficient (Wildman–Crippen LogP) is 7.80. The molecule has 0 aliphatic rings. The van der Waals surface area contributed by atoms with Crippen LogP contribution in [0, 0.1) is 36.5 Å². The van der Waals surface area contributed by atoms with E-state index in [1.807, 2.05) is 13.8 Å². The number of nitriles is 2. The molecule has 1 rings (SSSR count). The van der Waals surface area contributed by atoms with Crippen LogP contribution in [0.4, 0.5) is 0 Å². The van der Waals surface area contributed by atoms with Gasteiger partial charge in [-0.25, -0.2) is 0 Å². The van der Waals surface area contributed by atoms with E-state index >= 15 is 0 Å². The summed E-state index contributed by atoms with van der Waals surface area (Å²) >= 11 is 0. The number of nitrogens with zero attached hydrogens (tertiary/aromatic N) is 2. The number of hydrogen-bond acceptors (Lipinski definition) is 4. The van der Waals surface area contributed by atoms with E-state index in [0.717, 1.165) is 35.1 Å². The van der Waals surface area contributed by atoms with Crippen LogP contribution in [0.2, 0.25) is 0 Å². The fourth-order valence-corrected chi connectivity index (χ4v) is 4.13. The Morgan fingerprint density at radius 3 is 1.34 bits per heavy atom. The van der Waals surface area contributed by atoms with Crippen molar-refractivity contribution in [2.45, 2.75) is 131 Å². The molecular formula is C28H44N2O2. The molecule has 2 unspecified atom stereocenters. The van der Waals surface area contributed by atoms with Gasteiger partial charge in [0, 0.05) is 0 Å². The van der Waals surface area contributed by atoms with Crippen LogP contribution in [-0.4, -0.2) is 12.2 Å². The minimum Gasteiger partial charge on any atom is -0.374 e. The highest BCUT2D eigenvalue weighted by Crippen LogP contribution is 2.29. The summed E-state index contributed by atoms with van der Waals surface area (Å²) in [5.74, 6) is 0. The maximum Gasteiger partial charge on any atom is 0.101 e. The zero-order chi connectivity index (χ0) is 23.9. The Morgan fingerprint density at radius 2 is 1.03 bits per heavy atom. The number of benzene rings is 1. The standard InChI is InChI=1S/C28H44N2O2/c1-7-9-11-13-15-21(3)31-19-27-23(5)25(17-29)26(18-30)24(6)28(27)20-32-22(4)16-14-12-10-8-2/h21-22H,7-16,19-20H2,1-6H3. The zero-order valence-electron chi connectivity index (χ0n) is 21.4. The normalized spacial score (nSPS) is 12.9. The quantitative estimate of drug-likeness (QED) is 0.246. The molecule has 0 aromatic heterocycles. The molecule has 4 nitrogen and oxygen atoms in total. The first-order chi connectivity index (χ1) is 15.4. The van der Waals surface area contributed by atoms with Crippen molar-refractivity contribution in [2.24, 2.45) is 0 Å². The van der Waals surface area contributed by atoms with E-state index in [9.17, 15) is 10.5 Å². The van der Waals surface area contributed by atoms with Gasteiger partial charge < -0.3 is 9.47 Å². The molecule has 0 saturated heterocycles. The molecule has 0 N–H and O–H groups in total.